The number of hydrogen-bond acceptors (Lipinski definition) is 4. The molecule has 0 heterocycles. The van der Waals surface area contributed by atoms with Crippen LogP contribution >= 0.6 is 0 Å². The van der Waals surface area contributed by atoms with E-state index in [-0.39, 0.29) is 16.9 Å². The fourth-order valence-corrected chi connectivity index (χ4v) is 4.31. The fourth-order valence-electron chi connectivity index (χ4n) is 2.94. The third kappa shape index (κ3) is 4.06. The van der Waals surface area contributed by atoms with Crippen LogP contribution in [0.3, 0.4) is 0 Å². The van der Waals surface area contributed by atoms with Crippen LogP contribution in [0.15, 0.2) is 23.1 Å². The van der Waals surface area contributed by atoms with E-state index in [0.717, 1.165) is 31.4 Å². The lowest BCUT2D eigenvalue weighted by Crippen LogP contribution is -2.44. The minimum atomic E-state index is -4.71. The van der Waals surface area contributed by atoms with Crippen molar-refractivity contribution in [3.8, 4) is 6.07 Å². The highest BCUT2D eigenvalue weighted by molar-refractivity contribution is 7.89. The summed E-state index contributed by atoms with van der Waals surface area (Å²) >= 11 is 0. The molecule has 24 heavy (non-hydrogen) atoms. The molecular formula is C15H18F3N3O2S. The Balaban J connectivity index is 2.31. The summed E-state index contributed by atoms with van der Waals surface area (Å²) in [7, 11) is -4.02. The van der Waals surface area contributed by atoms with Gasteiger partial charge in [-0.2, -0.15) is 18.4 Å². The summed E-state index contributed by atoms with van der Waals surface area (Å²) in [5, 5.41) is 8.89. The van der Waals surface area contributed by atoms with Crippen molar-refractivity contribution >= 4 is 10.0 Å². The van der Waals surface area contributed by atoms with Crippen molar-refractivity contribution in [2.75, 3.05) is 6.54 Å². The average molecular weight is 361 g/mol. The van der Waals surface area contributed by atoms with Crippen molar-refractivity contribution in [1.29, 1.82) is 5.26 Å². The summed E-state index contributed by atoms with van der Waals surface area (Å²) in [4.78, 5) is -0.353. The van der Waals surface area contributed by atoms with Crippen LogP contribution in [-0.4, -0.2) is 21.0 Å². The molecule has 5 nitrogen and oxygen atoms in total. The fraction of sp³-hybridized carbons (Fsp3) is 0.533. The Kier molecular flexibility index (Phi) is 5.52. The van der Waals surface area contributed by atoms with Crippen LogP contribution in [0.5, 0.6) is 0 Å². The summed E-state index contributed by atoms with van der Waals surface area (Å²) in [6.07, 6.45) is -1.44. The van der Waals surface area contributed by atoms with Gasteiger partial charge in [0.15, 0.2) is 0 Å². The molecule has 0 amide bonds. The van der Waals surface area contributed by atoms with Crippen LogP contribution in [0, 0.1) is 17.2 Å². The average Bonchev–Trinajstić information content (AvgIpc) is 2.53. The Hall–Kier alpha value is -1.63. The Morgan fingerprint density at radius 1 is 1.29 bits per heavy atom. The van der Waals surface area contributed by atoms with E-state index in [4.69, 9.17) is 11.0 Å². The molecule has 1 aromatic rings. The second kappa shape index (κ2) is 7.09. The molecule has 1 aromatic carbocycles. The van der Waals surface area contributed by atoms with Gasteiger partial charge in [-0.05, 0) is 43.5 Å². The van der Waals surface area contributed by atoms with Crippen molar-refractivity contribution in [3.63, 3.8) is 0 Å². The first-order valence-electron chi connectivity index (χ1n) is 7.53. The van der Waals surface area contributed by atoms with Crippen LogP contribution in [0.25, 0.3) is 0 Å². The van der Waals surface area contributed by atoms with Crippen molar-refractivity contribution in [1.82, 2.24) is 4.72 Å². The van der Waals surface area contributed by atoms with Crippen molar-refractivity contribution in [2.45, 2.75) is 42.8 Å². The van der Waals surface area contributed by atoms with Gasteiger partial charge in [0.25, 0.3) is 0 Å². The summed E-state index contributed by atoms with van der Waals surface area (Å²) in [6, 6.07) is 3.30. The highest BCUT2D eigenvalue weighted by Gasteiger charge is 2.35. The molecule has 0 aromatic heterocycles. The van der Waals surface area contributed by atoms with Crippen molar-refractivity contribution < 1.29 is 21.6 Å². The molecule has 1 aliphatic rings. The number of nitrogens with one attached hydrogen (secondary N) is 1. The number of nitrogens with zero attached hydrogens (tertiary/aromatic N) is 1. The molecule has 0 saturated heterocycles. The van der Waals surface area contributed by atoms with Gasteiger partial charge in [0, 0.05) is 6.04 Å². The molecule has 132 valence electrons. The predicted octanol–water partition coefficient (Wildman–Crippen LogP) is 2.37. The summed E-state index contributed by atoms with van der Waals surface area (Å²) in [5.41, 5.74) is 3.79. The van der Waals surface area contributed by atoms with Crippen molar-refractivity contribution in [3.05, 3.63) is 29.3 Å². The third-order valence-corrected chi connectivity index (χ3v) is 5.73. The van der Waals surface area contributed by atoms with E-state index in [2.05, 4.69) is 4.72 Å². The summed E-state index contributed by atoms with van der Waals surface area (Å²) in [5.74, 6) is -0.00147. The first-order valence-corrected chi connectivity index (χ1v) is 9.01. The number of benzene rings is 1. The van der Waals surface area contributed by atoms with Crippen LogP contribution in [-0.2, 0) is 16.2 Å². The molecule has 2 rings (SSSR count). The van der Waals surface area contributed by atoms with E-state index in [9.17, 15) is 21.6 Å². The largest absolute Gasteiger partial charge is 0.417 e. The lowest BCUT2D eigenvalue weighted by Gasteiger charge is -2.31. The van der Waals surface area contributed by atoms with Gasteiger partial charge in [-0.15, -0.1) is 0 Å². The Morgan fingerprint density at radius 3 is 2.54 bits per heavy atom. The lowest BCUT2D eigenvalue weighted by molar-refractivity contribution is -0.137. The van der Waals surface area contributed by atoms with E-state index in [1.165, 1.54) is 6.07 Å². The molecule has 0 spiro atoms. The maximum absolute atomic E-state index is 12.8. The molecule has 2 atom stereocenters. The van der Waals surface area contributed by atoms with E-state index in [0.29, 0.717) is 19.0 Å². The topological polar surface area (TPSA) is 96.0 Å². The SMILES string of the molecule is N#Cc1cc(S(=O)(=O)NC2CCCCC2CN)ccc1C(F)(F)F. The van der Waals surface area contributed by atoms with Gasteiger partial charge in [-0.3, -0.25) is 0 Å². The molecule has 0 aliphatic heterocycles. The highest BCUT2D eigenvalue weighted by atomic mass is 32.2. The second-order valence-corrected chi connectivity index (χ2v) is 7.54. The number of sulfonamides is 1. The van der Waals surface area contributed by atoms with Gasteiger partial charge < -0.3 is 5.73 Å². The normalized spacial score (nSPS) is 22.1. The molecule has 2 unspecified atom stereocenters. The molecule has 1 saturated carbocycles. The number of nitriles is 1. The Morgan fingerprint density at radius 2 is 1.96 bits per heavy atom. The highest BCUT2D eigenvalue weighted by Crippen LogP contribution is 2.33. The summed E-state index contributed by atoms with van der Waals surface area (Å²) < 4.78 is 65.8. The van der Waals surface area contributed by atoms with Crippen LogP contribution < -0.4 is 10.5 Å². The Bertz CT molecular complexity index is 741. The van der Waals surface area contributed by atoms with E-state index in [1.807, 2.05) is 0 Å². The predicted molar refractivity (Wildman–Crippen MR) is 81.3 cm³/mol. The van der Waals surface area contributed by atoms with Crippen LogP contribution in [0.1, 0.15) is 36.8 Å². The first kappa shape index (κ1) is 18.7. The standard InChI is InChI=1S/C15H18F3N3O2S/c16-15(17,18)13-6-5-12(7-11(13)9-20)24(22,23)21-14-4-2-1-3-10(14)8-19/h5-7,10,14,21H,1-4,8,19H2. The molecular weight excluding hydrogens is 343 g/mol. The zero-order valence-electron chi connectivity index (χ0n) is 12.8. The molecule has 1 fully saturated rings. The summed E-state index contributed by atoms with van der Waals surface area (Å²) in [6.45, 7) is 0.337. The lowest BCUT2D eigenvalue weighted by atomic mass is 9.85. The number of alkyl halides is 3. The maximum Gasteiger partial charge on any atom is 0.417 e. The minimum absolute atomic E-state index is 0.00147. The zero-order valence-corrected chi connectivity index (χ0v) is 13.6. The number of hydrogen-bond donors (Lipinski definition) is 2. The maximum atomic E-state index is 12.8. The van der Waals surface area contributed by atoms with E-state index in [1.54, 1.807) is 0 Å². The van der Waals surface area contributed by atoms with Gasteiger partial charge in [-0.1, -0.05) is 12.8 Å². The van der Waals surface area contributed by atoms with Gasteiger partial charge in [0.05, 0.1) is 22.1 Å². The van der Waals surface area contributed by atoms with E-state index >= 15 is 0 Å². The van der Waals surface area contributed by atoms with Gasteiger partial charge in [0.1, 0.15) is 0 Å². The zero-order chi connectivity index (χ0) is 18.0. The third-order valence-electron chi connectivity index (χ3n) is 4.25. The minimum Gasteiger partial charge on any atom is -0.330 e. The number of rotatable bonds is 4. The van der Waals surface area contributed by atoms with E-state index < -0.39 is 27.3 Å². The molecule has 0 radical (unpaired) electrons. The molecule has 1 aliphatic carbocycles. The van der Waals surface area contributed by atoms with Crippen molar-refractivity contribution in [2.24, 2.45) is 11.7 Å². The van der Waals surface area contributed by atoms with Crippen LogP contribution in [0.2, 0.25) is 0 Å². The first-order chi connectivity index (χ1) is 11.2. The monoisotopic (exact) mass is 361 g/mol. The van der Waals surface area contributed by atoms with Gasteiger partial charge in [0.2, 0.25) is 10.0 Å². The van der Waals surface area contributed by atoms with Gasteiger partial charge in [-0.25, -0.2) is 13.1 Å². The molecule has 0 bridgehead atoms. The number of halogens is 3. The molecule has 9 heteroatoms. The second-order valence-electron chi connectivity index (χ2n) is 5.82. The molecule has 3 N–H and O–H groups in total. The van der Waals surface area contributed by atoms with Gasteiger partial charge >= 0.3 is 6.18 Å². The number of nitrogens with two attached hydrogens (primary N) is 1. The van der Waals surface area contributed by atoms with Crippen LogP contribution in [0.4, 0.5) is 13.2 Å². The smallest absolute Gasteiger partial charge is 0.330 e. The Labute approximate surface area is 138 Å². The quantitative estimate of drug-likeness (QED) is 0.860.